The van der Waals surface area contributed by atoms with Crippen LogP contribution in [0.25, 0.3) is 0 Å². The molecule has 0 spiro atoms. The first-order chi connectivity index (χ1) is 20.9. The third-order valence-electron chi connectivity index (χ3n) is 8.59. The molecule has 3 aromatic carbocycles. The molecule has 0 aliphatic carbocycles. The Balaban J connectivity index is 1.50. The Morgan fingerprint density at radius 1 is 0.907 bits per heavy atom. The zero-order valence-electron chi connectivity index (χ0n) is 25.0. The molecule has 3 aromatic rings. The third kappa shape index (κ3) is 6.55. The van der Waals surface area contributed by atoms with Gasteiger partial charge in [0.25, 0.3) is 0 Å². The summed E-state index contributed by atoms with van der Waals surface area (Å²) >= 11 is 0. The van der Waals surface area contributed by atoms with Gasteiger partial charge in [-0.3, -0.25) is 0 Å². The molecular formula is C34H42O9. The number of phenolic OH excluding ortho intramolecular Hbond substituents is 1. The molecule has 5 atom stereocenters. The van der Waals surface area contributed by atoms with E-state index in [1.807, 2.05) is 24.3 Å². The quantitative estimate of drug-likeness (QED) is 0.224. The number of aromatic hydroxyl groups is 1. The van der Waals surface area contributed by atoms with E-state index in [-0.39, 0.29) is 19.0 Å². The van der Waals surface area contributed by atoms with Gasteiger partial charge in [0.2, 0.25) is 0 Å². The molecule has 0 amide bonds. The first kappa shape index (κ1) is 30.9. The SMILES string of the molecule is COCCC[C@H]1Oc2cc(CCCO)c(OC)cc2[C@H](O)[C@@H]1[C@@H]1COc2c(Cc3cccc(O)c3)cc(OC)cc2[C@H]1O. The van der Waals surface area contributed by atoms with Crippen molar-refractivity contribution in [1.29, 1.82) is 0 Å². The van der Waals surface area contributed by atoms with Crippen LogP contribution in [0, 0.1) is 11.8 Å². The molecule has 0 bridgehead atoms. The normalized spacial score (nSPS) is 22.6. The van der Waals surface area contributed by atoms with Crippen LogP contribution in [-0.2, 0) is 17.6 Å². The fourth-order valence-electron chi connectivity index (χ4n) is 6.49. The van der Waals surface area contributed by atoms with Gasteiger partial charge in [-0.1, -0.05) is 12.1 Å². The second-order valence-electron chi connectivity index (χ2n) is 11.3. The molecule has 0 aromatic heterocycles. The number of aliphatic hydroxyl groups excluding tert-OH is 3. The van der Waals surface area contributed by atoms with Crippen molar-refractivity contribution in [2.24, 2.45) is 11.8 Å². The van der Waals surface area contributed by atoms with E-state index >= 15 is 0 Å². The fraction of sp³-hybridized carbons (Fsp3) is 0.471. The van der Waals surface area contributed by atoms with Gasteiger partial charge in [0, 0.05) is 55.3 Å². The summed E-state index contributed by atoms with van der Waals surface area (Å²) in [5.41, 5.74) is 3.83. The highest BCUT2D eigenvalue weighted by atomic mass is 16.5. The van der Waals surface area contributed by atoms with Crippen LogP contribution in [0.5, 0.6) is 28.7 Å². The number of fused-ring (bicyclic) bond motifs is 2. The van der Waals surface area contributed by atoms with Gasteiger partial charge in [0.1, 0.15) is 34.9 Å². The molecular weight excluding hydrogens is 552 g/mol. The van der Waals surface area contributed by atoms with Crippen LogP contribution in [0.1, 0.15) is 59.3 Å². The summed E-state index contributed by atoms with van der Waals surface area (Å²) in [4.78, 5) is 0. The Kier molecular flexibility index (Phi) is 9.97. The number of benzene rings is 3. The van der Waals surface area contributed by atoms with Crippen molar-refractivity contribution in [3.05, 3.63) is 76.3 Å². The number of phenols is 1. The summed E-state index contributed by atoms with van der Waals surface area (Å²) in [5.74, 6) is 1.59. The summed E-state index contributed by atoms with van der Waals surface area (Å²) in [5, 5.41) is 43.2. The average Bonchev–Trinajstić information content (AvgIpc) is 3.00. The molecule has 4 N–H and O–H groups in total. The lowest BCUT2D eigenvalue weighted by Crippen LogP contribution is -2.46. The third-order valence-corrected chi connectivity index (χ3v) is 8.59. The predicted molar refractivity (Wildman–Crippen MR) is 160 cm³/mol. The van der Waals surface area contributed by atoms with Crippen LogP contribution < -0.4 is 18.9 Å². The topological polar surface area (TPSA) is 127 Å². The first-order valence-corrected chi connectivity index (χ1v) is 14.8. The minimum Gasteiger partial charge on any atom is -0.508 e. The second kappa shape index (κ2) is 13.9. The van der Waals surface area contributed by atoms with Gasteiger partial charge in [0.15, 0.2) is 0 Å². The van der Waals surface area contributed by atoms with E-state index in [9.17, 15) is 20.4 Å². The number of rotatable bonds is 12. The Morgan fingerprint density at radius 2 is 1.74 bits per heavy atom. The van der Waals surface area contributed by atoms with E-state index in [4.69, 9.17) is 23.7 Å². The zero-order chi connectivity index (χ0) is 30.5. The highest BCUT2D eigenvalue weighted by molar-refractivity contribution is 5.53. The second-order valence-corrected chi connectivity index (χ2v) is 11.3. The zero-order valence-corrected chi connectivity index (χ0v) is 25.0. The fourth-order valence-corrected chi connectivity index (χ4v) is 6.49. The Morgan fingerprint density at radius 3 is 2.47 bits per heavy atom. The largest absolute Gasteiger partial charge is 0.508 e. The first-order valence-electron chi connectivity index (χ1n) is 14.8. The number of hydrogen-bond acceptors (Lipinski definition) is 9. The highest BCUT2D eigenvalue weighted by Gasteiger charge is 2.47. The standard InChI is InChI=1S/C34H42O9/c1-39-12-6-10-28-31(33(38)25-18-29(41-3)21(8-5-11-35)16-30(25)43-28)27-19-42-34-22(13-20-7-4-9-23(36)14-20)15-24(40-2)17-26(34)32(27)37/h4,7,9,14-18,27-28,31-33,35-38H,5-6,8,10-13,19H2,1-3H3/t27-,28+,31+,32+,33-/m0/s1. The van der Waals surface area contributed by atoms with E-state index in [1.54, 1.807) is 45.6 Å². The van der Waals surface area contributed by atoms with E-state index in [1.165, 1.54) is 0 Å². The molecule has 2 aliphatic rings. The molecule has 0 saturated heterocycles. The smallest absolute Gasteiger partial charge is 0.128 e. The molecule has 5 rings (SSSR count). The molecule has 0 radical (unpaired) electrons. The van der Waals surface area contributed by atoms with Crippen LogP contribution in [0.3, 0.4) is 0 Å². The van der Waals surface area contributed by atoms with Crippen LogP contribution in [0.4, 0.5) is 0 Å². The van der Waals surface area contributed by atoms with E-state index in [0.29, 0.717) is 66.4 Å². The maximum absolute atomic E-state index is 11.9. The van der Waals surface area contributed by atoms with Crippen molar-refractivity contribution in [3.8, 4) is 28.7 Å². The summed E-state index contributed by atoms with van der Waals surface area (Å²) in [6, 6.07) is 14.4. The van der Waals surface area contributed by atoms with Crippen molar-refractivity contribution in [2.75, 3.05) is 41.2 Å². The molecule has 0 saturated carbocycles. The molecule has 2 heterocycles. The van der Waals surface area contributed by atoms with Gasteiger partial charge < -0.3 is 44.1 Å². The molecule has 0 fully saturated rings. The van der Waals surface area contributed by atoms with Crippen LogP contribution in [0.15, 0.2) is 48.5 Å². The average molecular weight is 595 g/mol. The highest BCUT2D eigenvalue weighted by Crippen LogP contribution is 2.51. The van der Waals surface area contributed by atoms with Gasteiger partial charge in [-0.15, -0.1) is 0 Å². The predicted octanol–water partition coefficient (Wildman–Crippen LogP) is 4.50. The van der Waals surface area contributed by atoms with Gasteiger partial charge in [-0.25, -0.2) is 0 Å². The van der Waals surface area contributed by atoms with Gasteiger partial charge in [-0.2, -0.15) is 0 Å². The number of aliphatic hydroxyl groups is 3. The number of methoxy groups -OCH3 is 3. The van der Waals surface area contributed by atoms with Crippen molar-refractivity contribution < 1.29 is 44.1 Å². The summed E-state index contributed by atoms with van der Waals surface area (Å²) in [6.07, 6.45) is 0.702. The van der Waals surface area contributed by atoms with E-state index < -0.39 is 30.1 Å². The van der Waals surface area contributed by atoms with E-state index in [0.717, 1.165) is 23.1 Å². The van der Waals surface area contributed by atoms with Crippen molar-refractivity contribution in [3.63, 3.8) is 0 Å². The number of aryl methyl sites for hydroxylation is 1. The number of hydrogen-bond donors (Lipinski definition) is 4. The summed E-state index contributed by atoms with van der Waals surface area (Å²) < 4.78 is 29.5. The number of ether oxygens (including phenoxy) is 5. The minimum atomic E-state index is -0.956. The molecule has 0 unspecified atom stereocenters. The maximum Gasteiger partial charge on any atom is 0.128 e. The van der Waals surface area contributed by atoms with Crippen LogP contribution in [-0.4, -0.2) is 67.7 Å². The van der Waals surface area contributed by atoms with Crippen molar-refractivity contribution in [1.82, 2.24) is 0 Å². The Bertz CT molecular complexity index is 1390. The molecule has 9 heteroatoms. The van der Waals surface area contributed by atoms with E-state index in [2.05, 4.69) is 0 Å². The van der Waals surface area contributed by atoms with Crippen molar-refractivity contribution in [2.45, 2.75) is 50.4 Å². The minimum absolute atomic E-state index is 0.0623. The Hall–Kier alpha value is -3.50. The van der Waals surface area contributed by atoms with Crippen LogP contribution >= 0.6 is 0 Å². The molecule has 2 aliphatic heterocycles. The lowest BCUT2D eigenvalue weighted by molar-refractivity contribution is -0.0889. The lowest BCUT2D eigenvalue weighted by atomic mass is 9.72. The molecule has 232 valence electrons. The maximum atomic E-state index is 11.9. The molecule has 43 heavy (non-hydrogen) atoms. The lowest BCUT2D eigenvalue weighted by Gasteiger charge is -2.45. The Labute approximate surface area is 252 Å². The summed E-state index contributed by atoms with van der Waals surface area (Å²) in [7, 11) is 4.82. The van der Waals surface area contributed by atoms with Crippen molar-refractivity contribution >= 4 is 0 Å². The van der Waals surface area contributed by atoms with Gasteiger partial charge in [0.05, 0.1) is 33.0 Å². The van der Waals surface area contributed by atoms with Gasteiger partial charge >= 0.3 is 0 Å². The summed E-state index contributed by atoms with van der Waals surface area (Å²) in [6.45, 7) is 0.787. The van der Waals surface area contributed by atoms with Crippen LogP contribution in [0.2, 0.25) is 0 Å². The van der Waals surface area contributed by atoms with Gasteiger partial charge in [-0.05, 0) is 73.2 Å². The monoisotopic (exact) mass is 594 g/mol. The molecule has 9 nitrogen and oxygen atoms in total.